The Kier molecular flexibility index (Phi) is 5.25. The van der Waals surface area contributed by atoms with Crippen molar-refractivity contribution in [2.75, 3.05) is 14.2 Å². The predicted molar refractivity (Wildman–Crippen MR) is 14.0 cm³/mol. The molecule has 0 aliphatic carbocycles. The summed E-state index contributed by atoms with van der Waals surface area (Å²) in [6.45, 7) is 0. The van der Waals surface area contributed by atoms with Crippen molar-refractivity contribution in [2.45, 2.75) is 0 Å². The van der Waals surface area contributed by atoms with Crippen LogP contribution in [0.4, 0.5) is 0 Å². The number of hydrogen-bond acceptors (Lipinski definition) is 2. The second-order valence-electron chi connectivity index (χ2n) is 0.372. The van der Waals surface area contributed by atoms with Gasteiger partial charge in [-0.25, -0.2) is 0 Å². The molecule has 0 aromatic rings. The third kappa shape index (κ3) is 4.65. The van der Waals surface area contributed by atoms with Gasteiger partial charge in [0, 0.05) is 0 Å². The van der Waals surface area contributed by atoms with Crippen LogP contribution in [0.3, 0.4) is 0 Å². The van der Waals surface area contributed by atoms with E-state index < -0.39 is 0 Å². The van der Waals surface area contributed by atoms with Crippen LogP contribution in [0.25, 0.3) is 0 Å². The third-order valence-corrected chi connectivity index (χ3v) is 0.845. The quantitative estimate of drug-likeness (QED) is 0.437. The maximum atomic E-state index is 4.58. The summed E-state index contributed by atoms with van der Waals surface area (Å²) in [7, 11) is 3.27. The summed E-state index contributed by atoms with van der Waals surface area (Å²) in [5.41, 5.74) is 0. The van der Waals surface area contributed by atoms with Gasteiger partial charge in [0.05, 0.1) is 0 Å². The molecule has 0 saturated heterocycles. The summed E-state index contributed by atoms with van der Waals surface area (Å²) < 4.78 is 9.16. The van der Waals surface area contributed by atoms with E-state index in [1.807, 2.05) is 0 Å². The van der Waals surface area contributed by atoms with Gasteiger partial charge in [-0.05, 0) is 0 Å². The average Bonchev–Trinajstić information content (AvgIpc) is 1.41. The molecule has 0 aliphatic heterocycles. The van der Waals surface area contributed by atoms with Crippen LogP contribution in [0.15, 0.2) is 0 Å². The van der Waals surface area contributed by atoms with E-state index in [4.69, 9.17) is 0 Å². The fraction of sp³-hybridized carbons (Fsp3) is 1.00. The molecule has 0 aromatic carbocycles. The number of halogens is 1. The molecule has 34 valence electrons. The molecule has 0 atom stereocenters. The van der Waals surface area contributed by atoms with Crippen molar-refractivity contribution >= 4 is 0 Å². The summed E-state index contributed by atoms with van der Waals surface area (Å²) in [6, 6.07) is 0. The molecule has 0 fully saturated rings. The van der Waals surface area contributed by atoms with Gasteiger partial charge in [0.25, 0.3) is 0 Å². The van der Waals surface area contributed by atoms with Crippen LogP contribution in [-0.4, -0.2) is 14.2 Å². The van der Waals surface area contributed by atoms with Gasteiger partial charge in [0.2, 0.25) is 0 Å². The van der Waals surface area contributed by atoms with E-state index in [1.54, 1.807) is 14.2 Å². The summed E-state index contributed by atoms with van der Waals surface area (Å²) in [5, 5.41) is 0. The molecule has 0 aliphatic rings. The summed E-state index contributed by atoms with van der Waals surface area (Å²) in [6.07, 6.45) is 0. The Morgan fingerprint density at radius 3 is 1.60 bits per heavy atom. The molecule has 3 heteroatoms. The molecule has 0 N–H and O–H groups in total. The molecule has 0 unspecified atom stereocenters. The van der Waals surface area contributed by atoms with Crippen molar-refractivity contribution in [1.29, 1.82) is 0 Å². The Bertz CT molecular complexity index is 15.1. The molecule has 0 amide bonds. The topological polar surface area (TPSA) is 18.5 Å². The predicted octanol–water partition coefficient (Wildman–Crippen LogP) is -2.80. The molecule has 2 nitrogen and oxygen atoms in total. The van der Waals surface area contributed by atoms with E-state index in [2.05, 4.69) is 6.13 Å². The Balaban J connectivity index is 2.19. The number of hydrogen-bond donors (Lipinski definition) is 0. The molecule has 0 saturated carbocycles. The Labute approximate surface area is 42.8 Å². The zero-order valence-corrected chi connectivity index (χ0v) is 5.35. The van der Waals surface area contributed by atoms with Gasteiger partial charge in [-0.15, -0.1) is 0 Å². The van der Waals surface area contributed by atoms with Crippen molar-refractivity contribution in [3.05, 3.63) is 0 Å². The first kappa shape index (κ1) is 5.65. The third-order valence-electron chi connectivity index (χ3n) is 0.126. The van der Waals surface area contributed by atoms with E-state index in [0.717, 1.165) is 0 Å². The Morgan fingerprint density at radius 1 is 1.20 bits per heavy atom. The van der Waals surface area contributed by atoms with Crippen LogP contribution in [0.2, 0.25) is 0 Å². The first-order valence-electron chi connectivity index (χ1n) is 1.13. The second-order valence-corrected chi connectivity index (χ2v) is 2.49. The molecular formula is C2H6IO2-. The SMILES string of the molecule is CO[I-]OC. The van der Waals surface area contributed by atoms with Gasteiger partial charge >= 0.3 is 42.4 Å². The van der Waals surface area contributed by atoms with Gasteiger partial charge in [0.1, 0.15) is 0 Å². The fourth-order valence-corrected chi connectivity index (χ4v) is 0.423. The number of rotatable bonds is 2. The van der Waals surface area contributed by atoms with Crippen LogP contribution in [0.1, 0.15) is 0 Å². The van der Waals surface area contributed by atoms with Crippen molar-refractivity contribution in [3.63, 3.8) is 0 Å². The van der Waals surface area contributed by atoms with Gasteiger partial charge < -0.3 is 0 Å². The molecule has 0 bridgehead atoms. The summed E-state index contributed by atoms with van der Waals surface area (Å²) in [5.74, 6) is 0. The molecule has 0 aromatic heterocycles. The standard InChI is InChI=1S/C2H6IO2/c1-4-3-5-2/h1-2H3/q-1. The molecule has 0 spiro atoms. The average molecular weight is 189 g/mol. The normalized spacial score (nSPS) is 9.20. The summed E-state index contributed by atoms with van der Waals surface area (Å²) in [4.78, 5) is 0. The summed E-state index contributed by atoms with van der Waals surface area (Å²) >= 11 is -0.369. The van der Waals surface area contributed by atoms with E-state index in [0.29, 0.717) is 0 Å². The van der Waals surface area contributed by atoms with E-state index >= 15 is 0 Å². The van der Waals surface area contributed by atoms with Crippen LogP contribution in [0.5, 0.6) is 0 Å². The van der Waals surface area contributed by atoms with E-state index in [-0.39, 0.29) is 22.0 Å². The van der Waals surface area contributed by atoms with Crippen molar-refractivity contribution in [3.8, 4) is 0 Å². The van der Waals surface area contributed by atoms with Crippen LogP contribution >= 0.6 is 0 Å². The zero-order valence-electron chi connectivity index (χ0n) is 3.19. The molecular weight excluding hydrogens is 183 g/mol. The fourth-order valence-electron chi connectivity index (χ4n) is 0.0630. The molecule has 0 radical (unpaired) electrons. The molecule has 5 heavy (non-hydrogen) atoms. The Morgan fingerprint density at radius 2 is 1.60 bits per heavy atom. The van der Waals surface area contributed by atoms with Crippen molar-refractivity contribution in [2.24, 2.45) is 0 Å². The van der Waals surface area contributed by atoms with Gasteiger partial charge in [-0.1, -0.05) is 0 Å². The monoisotopic (exact) mass is 189 g/mol. The Hall–Kier alpha value is 0.650. The van der Waals surface area contributed by atoms with Crippen molar-refractivity contribution < 1.29 is 28.2 Å². The van der Waals surface area contributed by atoms with Crippen LogP contribution in [0, 0.1) is 0 Å². The zero-order chi connectivity index (χ0) is 4.12. The van der Waals surface area contributed by atoms with Gasteiger partial charge in [-0.3, -0.25) is 0 Å². The van der Waals surface area contributed by atoms with Crippen molar-refractivity contribution in [1.82, 2.24) is 0 Å². The first-order chi connectivity index (χ1) is 2.41. The van der Waals surface area contributed by atoms with Gasteiger partial charge in [-0.2, -0.15) is 0 Å². The molecule has 0 rings (SSSR count). The second kappa shape index (κ2) is 4.65. The van der Waals surface area contributed by atoms with Crippen LogP contribution < -0.4 is 22.0 Å². The maximum absolute atomic E-state index is 4.58. The first-order valence-corrected chi connectivity index (χ1v) is 2.89. The minimum absolute atomic E-state index is 0.369. The van der Waals surface area contributed by atoms with Gasteiger partial charge in [0.15, 0.2) is 0 Å². The molecule has 0 heterocycles. The van der Waals surface area contributed by atoms with E-state index in [1.165, 1.54) is 0 Å². The minimum atomic E-state index is -0.369. The van der Waals surface area contributed by atoms with E-state index in [9.17, 15) is 0 Å². The van der Waals surface area contributed by atoms with Crippen LogP contribution in [-0.2, 0) is 6.13 Å².